The van der Waals surface area contributed by atoms with Crippen molar-refractivity contribution in [2.45, 2.75) is 6.92 Å². The first kappa shape index (κ1) is 30.0. The summed E-state index contributed by atoms with van der Waals surface area (Å²) in [5.74, 6) is 1.65. The van der Waals surface area contributed by atoms with Gasteiger partial charge in [0, 0.05) is 32.7 Å². The van der Waals surface area contributed by atoms with Crippen LogP contribution >= 0.6 is 0 Å². The summed E-state index contributed by atoms with van der Waals surface area (Å²) >= 11 is 0. The number of aryl methyl sites for hydroxylation is 1. The summed E-state index contributed by atoms with van der Waals surface area (Å²) in [4.78, 5) is 0. The zero-order chi connectivity index (χ0) is 34.6. The van der Waals surface area contributed by atoms with Gasteiger partial charge in [0.25, 0.3) is 0 Å². The van der Waals surface area contributed by atoms with Crippen LogP contribution in [-0.2, 0) is 0 Å². The van der Waals surface area contributed by atoms with E-state index in [1.165, 1.54) is 33.0 Å². The Balaban J connectivity index is 1.15. The van der Waals surface area contributed by atoms with Crippen molar-refractivity contribution >= 4 is 43.7 Å². The third kappa shape index (κ3) is 4.90. The van der Waals surface area contributed by atoms with Crippen LogP contribution in [0.25, 0.3) is 82.8 Å². The van der Waals surface area contributed by atoms with Crippen LogP contribution in [0.4, 0.5) is 0 Å². The van der Waals surface area contributed by atoms with Crippen molar-refractivity contribution in [3.63, 3.8) is 0 Å². The first-order chi connectivity index (χ1) is 25.7. The van der Waals surface area contributed by atoms with Crippen molar-refractivity contribution in [1.82, 2.24) is 4.57 Å². The number of aromatic nitrogens is 1. The van der Waals surface area contributed by atoms with E-state index in [1.54, 1.807) is 0 Å². The van der Waals surface area contributed by atoms with Crippen molar-refractivity contribution in [2.75, 3.05) is 0 Å². The van der Waals surface area contributed by atoms with Gasteiger partial charge in [-0.15, -0.1) is 0 Å². The van der Waals surface area contributed by atoms with Crippen LogP contribution in [0, 0.1) is 6.92 Å². The molecule has 3 nitrogen and oxygen atoms in total. The molecular formula is C49H33NO2. The van der Waals surface area contributed by atoms with Gasteiger partial charge in [-0.2, -0.15) is 0 Å². The lowest BCUT2D eigenvalue weighted by Crippen LogP contribution is -1.97. The first-order valence-electron chi connectivity index (χ1n) is 17.7. The highest BCUT2D eigenvalue weighted by Gasteiger charge is 2.19. The Morgan fingerprint density at radius 3 is 1.98 bits per heavy atom. The zero-order valence-corrected chi connectivity index (χ0v) is 28.6. The summed E-state index contributed by atoms with van der Waals surface area (Å²) in [6, 6.07) is 64.1. The van der Waals surface area contributed by atoms with Gasteiger partial charge in [0.15, 0.2) is 0 Å². The van der Waals surface area contributed by atoms with Gasteiger partial charge in [-0.25, -0.2) is 0 Å². The molecule has 2 heterocycles. The number of nitrogens with zero attached hydrogens (tertiary/aromatic N) is 1. The number of benzene rings is 8. The predicted molar refractivity (Wildman–Crippen MR) is 216 cm³/mol. The Morgan fingerprint density at radius 1 is 0.442 bits per heavy atom. The summed E-state index contributed by atoms with van der Waals surface area (Å²) in [6.07, 6.45) is 0. The highest BCUT2D eigenvalue weighted by molar-refractivity contribution is 6.12. The molecular weight excluding hydrogens is 635 g/mol. The fraction of sp³-hybridized carbons (Fsp3) is 0.0204. The number of fused-ring (bicyclic) bond motifs is 6. The number of furan rings is 1. The normalized spacial score (nSPS) is 11.6. The molecule has 2 aromatic heterocycles. The molecule has 10 aromatic rings. The van der Waals surface area contributed by atoms with Gasteiger partial charge in [-0.05, 0) is 95.4 Å². The molecule has 0 N–H and O–H groups in total. The molecule has 0 atom stereocenters. The highest BCUT2D eigenvalue weighted by atomic mass is 16.5. The first-order valence-corrected chi connectivity index (χ1v) is 17.7. The molecule has 0 radical (unpaired) electrons. The maximum absolute atomic E-state index is 6.47. The SMILES string of the molecule is Cc1cccc(-c2ccc3c(c2)c2ccccc2n3-c2ccccc2-c2ccc3oc4ccccc4c3c2)c1-c1ccccc1Oc1ccccc1. The minimum absolute atomic E-state index is 0.817. The van der Waals surface area contributed by atoms with E-state index < -0.39 is 0 Å². The van der Waals surface area contributed by atoms with Crippen molar-refractivity contribution in [1.29, 1.82) is 0 Å². The number of para-hydroxylation sites is 5. The maximum Gasteiger partial charge on any atom is 0.135 e. The molecule has 0 unspecified atom stereocenters. The molecule has 0 saturated heterocycles. The molecule has 52 heavy (non-hydrogen) atoms. The standard InChI is InChI=1S/C49H33NO2/c1-32-14-13-21-37(49(32)40-20-8-12-25-47(40)51-35-15-3-2-4-16-35)34-26-28-45-41(30-34)38-18-6-10-23-44(38)50(45)43-22-9-5-17-36(43)33-27-29-48-42(31-33)39-19-7-11-24-46(39)52-48/h2-31H,1H3. The maximum atomic E-state index is 6.47. The Morgan fingerprint density at radius 2 is 1.08 bits per heavy atom. The minimum Gasteiger partial charge on any atom is -0.457 e. The second-order valence-electron chi connectivity index (χ2n) is 13.3. The summed E-state index contributed by atoms with van der Waals surface area (Å²) in [5, 5.41) is 4.68. The van der Waals surface area contributed by atoms with Gasteiger partial charge in [0.1, 0.15) is 22.7 Å². The summed E-state index contributed by atoms with van der Waals surface area (Å²) < 4.78 is 15.1. The molecule has 0 aliphatic heterocycles. The van der Waals surface area contributed by atoms with Crippen molar-refractivity contribution in [3.8, 4) is 50.6 Å². The molecule has 3 heteroatoms. The van der Waals surface area contributed by atoms with E-state index in [0.29, 0.717) is 0 Å². The third-order valence-electron chi connectivity index (χ3n) is 10.2. The smallest absolute Gasteiger partial charge is 0.135 e. The summed E-state index contributed by atoms with van der Waals surface area (Å²) in [6.45, 7) is 2.18. The molecule has 0 bridgehead atoms. The quantitative estimate of drug-likeness (QED) is 0.176. The molecule has 0 aliphatic rings. The number of ether oxygens (including phenoxy) is 1. The lowest BCUT2D eigenvalue weighted by atomic mass is 9.90. The van der Waals surface area contributed by atoms with Gasteiger partial charge >= 0.3 is 0 Å². The summed E-state index contributed by atoms with van der Waals surface area (Å²) in [7, 11) is 0. The third-order valence-corrected chi connectivity index (χ3v) is 10.2. The van der Waals surface area contributed by atoms with Crippen LogP contribution in [0.1, 0.15) is 5.56 Å². The monoisotopic (exact) mass is 667 g/mol. The predicted octanol–water partition coefficient (Wildman–Crippen LogP) is 13.8. The van der Waals surface area contributed by atoms with Crippen molar-refractivity contribution in [2.24, 2.45) is 0 Å². The van der Waals surface area contributed by atoms with E-state index in [9.17, 15) is 0 Å². The van der Waals surface area contributed by atoms with Crippen molar-refractivity contribution < 1.29 is 9.15 Å². The van der Waals surface area contributed by atoms with Crippen LogP contribution in [-0.4, -0.2) is 4.57 Å². The van der Waals surface area contributed by atoms with E-state index in [-0.39, 0.29) is 0 Å². The second-order valence-corrected chi connectivity index (χ2v) is 13.3. The van der Waals surface area contributed by atoms with Crippen LogP contribution in [0.15, 0.2) is 186 Å². The highest BCUT2D eigenvalue weighted by Crippen LogP contribution is 2.44. The molecule has 8 aromatic carbocycles. The van der Waals surface area contributed by atoms with Gasteiger partial charge in [0.05, 0.1) is 16.7 Å². The number of hydrogen-bond acceptors (Lipinski definition) is 2. The van der Waals surface area contributed by atoms with Gasteiger partial charge in [-0.3, -0.25) is 0 Å². The molecule has 0 aliphatic carbocycles. The second kappa shape index (κ2) is 12.2. The lowest BCUT2D eigenvalue weighted by molar-refractivity contribution is 0.484. The van der Waals surface area contributed by atoms with E-state index >= 15 is 0 Å². The minimum atomic E-state index is 0.817. The number of hydrogen-bond donors (Lipinski definition) is 0. The average molecular weight is 668 g/mol. The van der Waals surface area contributed by atoms with Crippen LogP contribution in [0.5, 0.6) is 11.5 Å². The van der Waals surface area contributed by atoms with E-state index in [1.807, 2.05) is 48.5 Å². The average Bonchev–Trinajstić information content (AvgIpc) is 3.73. The lowest BCUT2D eigenvalue weighted by Gasteiger charge is -2.18. The number of rotatable bonds is 6. The Kier molecular flexibility index (Phi) is 7.04. The van der Waals surface area contributed by atoms with Crippen LogP contribution in [0.2, 0.25) is 0 Å². The molecule has 0 spiro atoms. The van der Waals surface area contributed by atoms with E-state index in [4.69, 9.17) is 9.15 Å². The molecule has 0 fully saturated rings. The summed E-state index contributed by atoms with van der Waals surface area (Å²) in [5.41, 5.74) is 13.4. The molecule has 0 saturated carbocycles. The molecule has 0 amide bonds. The van der Waals surface area contributed by atoms with Crippen LogP contribution < -0.4 is 4.74 Å². The molecule has 246 valence electrons. The zero-order valence-electron chi connectivity index (χ0n) is 28.6. The van der Waals surface area contributed by atoms with E-state index in [2.05, 4.69) is 145 Å². The fourth-order valence-corrected chi connectivity index (χ4v) is 7.85. The van der Waals surface area contributed by atoms with Gasteiger partial charge in [0.2, 0.25) is 0 Å². The topological polar surface area (TPSA) is 27.3 Å². The fourth-order valence-electron chi connectivity index (χ4n) is 7.85. The van der Waals surface area contributed by atoms with E-state index in [0.717, 1.165) is 66.9 Å². The Labute approximate surface area is 301 Å². The van der Waals surface area contributed by atoms with Crippen molar-refractivity contribution in [3.05, 3.63) is 188 Å². The molecule has 10 rings (SSSR count). The van der Waals surface area contributed by atoms with Crippen LogP contribution in [0.3, 0.4) is 0 Å². The van der Waals surface area contributed by atoms with Gasteiger partial charge in [-0.1, -0.05) is 121 Å². The van der Waals surface area contributed by atoms with Gasteiger partial charge < -0.3 is 13.7 Å². The Hall–Kier alpha value is -6.84. The Bertz CT molecular complexity index is 2950. The largest absolute Gasteiger partial charge is 0.457 e.